The molecule has 3 heterocycles. The first-order chi connectivity index (χ1) is 15.9. The van der Waals surface area contributed by atoms with Crippen molar-refractivity contribution in [3.8, 4) is 11.4 Å². The van der Waals surface area contributed by atoms with Gasteiger partial charge in [0, 0.05) is 31.7 Å². The van der Waals surface area contributed by atoms with Crippen molar-refractivity contribution < 1.29 is 18.9 Å². The van der Waals surface area contributed by atoms with Gasteiger partial charge in [0.1, 0.15) is 12.1 Å². The van der Waals surface area contributed by atoms with Gasteiger partial charge < -0.3 is 14.7 Å². The maximum absolute atomic E-state index is 12.8. The number of piperazine rings is 1. The molecular weight excluding hydrogens is 424 g/mol. The van der Waals surface area contributed by atoms with Crippen molar-refractivity contribution in [1.82, 2.24) is 30.2 Å². The molecule has 176 valence electrons. The molecule has 2 saturated heterocycles. The third-order valence-electron chi connectivity index (χ3n) is 6.68. The van der Waals surface area contributed by atoms with Crippen molar-refractivity contribution in [2.75, 3.05) is 32.7 Å². The van der Waals surface area contributed by atoms with Crippen LogP contribution in [-0.4, -0.2) is 80.9 Å². The van der Waals surface area contributed by atoms with Gasteiger partial charge in [0.15, 0.2) is 0 Å². The highest BCUT2D eigenvalue weighted by molar-refractivity contribution is 6.09. The molecule has 10 nitrogen and oxygen atoms in total. The molecule has 0 aliphatic carbocycles. The quantitative estimate of drug-likeness (QED) is 0.635. The first-order valence-corrected chi connectivity index (χ1v) is 11.4. The summed E-state index contributed by atoms with van der Waals surface area (Å²) in [6.45, 7) is 8.30. The van der Waals surface area contributed by atoms with Crippen molar-refractivity contribution in [1.29, 1.82) is 0 Å². The normalized spacial score (nSPS) is 18.6. The van der Waals surface area contributed by atoms with Gasteiger partial charge in [-0.25, -0.2) is 4.79 Å². The van der Waals surface area contributed by atoms with E-state index in [2.05, 4.69) is 20.4 Å². The van der Waals surface area contributed by atoms with Gasteiger partial charge in [0.2, 0.25) is 17.6 Å². The number of hydrogen-bond acceptors (Lipinski definition) is 7. The van der Waals surface area contributed by atoms with E-state index in [4.69, 9.17) is 4.52 Å². The van der Waals surface area contributed by atoms with Crippen LogP contribution in [0.3, 0.4) is 0 Å². The summed E-state index contributed by atoms with van der Waals surface area (Å²) in [4.78, 5) is 47.2. The number of nitrogens with one attached hydrogen (secondary N) is 1. The molecule has 2 aliphatic heterocycles. The van der Waals surface area contributed by atoms with Gasteiger partial charge in [0.05, 0.1) is 6.54 Å². The van der Waals surface area contributed by atoms with Gasteiger partial charge in [-0.15, -0.1) is 0 Å². The zero-order chi connectivity index (χ0) is 23.6. The third-order valence-corrected chi connectivity index (χ3v) is 6.68. The Morgan fingerprint density at radius 3 is 2.45 bits per heavy atom. The molecule has 1 aromatic carbocycles. The van der Waals surface area contributed by atoms with Crippen molar-refractivity contribution in [2.45, 2.75) is 45.7 Å². The predicted molar refractivity (Wildman–Crippen MR) is 120 cm³/mol. The highest BCUT2D eigenvalue weighted by atomic mass is 16.5. The molecule has 4 rings (SSSR count). The maximum Gasteiger partial charge on any atom is 0.325 e. The van der Waals surface area contributed by atoms with Gasteiger partial charge in [0.25, 0.3) is 5.91 Å². The first kappa shape index (κ1) is 22.9. The molecule has 1 N–H and O–H groups in total. The van der Waals surface area contributed by atoms with E-state index in [-0.39, 0.29) is 18.4 Å². The molecular formula is C23H30N6O4. The van der Waals surface area contributed by atoms with Crippen molar-refractivity contribution in [3.05, 3.63) is 35.7 Å². The fourth-order valence-corrected chi connectivity index (χ4v) is 4.38. The van der Waals surface area contributed by atoms with Gasteiger partial charge in [-0.3, -0.25) is 19.4 Å². The van der Waals surface area contributed by atoms with E-state index < -0.39 is 11.6 Å². The first-order valence-electron chi connectivity index (χ1n) is 11.4. The van der Waals surface area contributed by atoms with Crippen LogP contribution in [-0.2, 0) is 16.1 Å². The van der Waals surface area contributed by atoms with Crippen LogP contribution >= 0.6 is 0 Å². The average molecular weight is 455 g/mol. The van der Waals surface area contributed by atoms with Crippen LogP contribution in [0.1, 0.15) is 38.1 Å². The minimum atomic E-state index is -0.892. The predicted octanol–water partition coefficient (Wildman–Crippen LogP) is 1.80. The number of urea groups is 1. The molecule has 1 aromatic heterocycles. The number of amides is 4. The largest absolute Gasteiger partial charge is 0.339 e. The molecule has 0 radical (unpaired) electrons. The number of nitrogens with zero attached hydrogens (tertiary/aromatic N) is 5. The monoisotopic (exact) mass is 454 g/mol. The van der Waals surface area contributed by atoms with Crippen LogP contribution in [0, 0.1) is 6.92 Å². The van der Waals surface area contributed by atoms with Crippen LogP contribution in [0.2, 0.25) is 0 Å². The lowest BCUT2D eigenvalue weighted by atomic mass is 9.93. The smallest absolute Gasteiger partial charge is 0.325 e. The fourth-order valence-electron chi connectivity index (χ4n) is 4.38. The number of aromatic nitrogens is 2. The minimum absolute atomic E-state index is 0.221. The number of benzene rings is 1. The highest BCUT2D eigenvalue weighted by Crippen LogP contribution is 2.25. The van der Waals surface area contributed by atoms with E-state index >= 15 is 0 Å². The molecule has 0 atom stereocenters. The molecule has 0 saturated carbocycles. The van der Waals surface area contributed by atoms with E-state index in [1.807, 2.05) is 45.0 Å². The maximum atomic E-state index is 12.8. The molecule has 4 amide bonds. The standard InChI is InChI=1S/C23H30N6O4/c1-4-23(5-2)21(31)29(22(32)25-23)15-19(30)28-12-10-27(11-13-28)14-18-24-20(26-33-18)17-9-7-6-8-16(17)3/h6-9H,4-5,10-15H2,1-3H3,(H,25,32). The lowest BCUT2D eigenvalue weighted by Gasteiger charge is -2.34. The zero-order valence-corrected chi connectivity index (χ0v) is 19.3. The lowest BCUT2D eigenvalue weighted by molar-refractivity contribution is -0.140. The minimum Gasteiger partial charge on any atom is -0.339 e. The molecule has 33 heavy (non-hydrogen) atoms. The molecule has 0 bridgehead atoms. The van der Waals surface area contributed by atoms with E-state index in [1.54, 1.807) is 4.90 Å². The van der Waals surface area contributed by atoms with E-state index in [0.29, 0.717) is 57.3 Å². The van der Waals surface area contributed by atoms with Gasteiger partial charge >= 0.3 is 6.03 Å². The van der Waals surface area contributed by atoms with Crippen molar-refractivity contribution in [3.63, 3.8) is 0 Å². The second-order valence-electron chi connectivity index (χ2n) is 8.59. The number of aryl methyl sites for hydroxylation is 1. The van der Waals surface area contributed by atoms with Gasteiger partial charge in [-0.05, 0) is 25.3 Å². The Kier molecular flexibility index (Phi) is 6.46. The summed E-state index contributed by atoms with van der Waals surface area (Å²) in [7, 11) is 0. The summed E-state index contributed by atoms with van der Waals surface area (Å²) in [6, 6.07) is 7.39. The molecule has 0 unspecified atom stereocenters. The number of imide groups is 1. The van der Waals surface area contributed by atoms with Crippen molar-refractivity contribution in [2.24, 2.45) is 0 Å². The SMILES string of the molecule is CCC1(CC)NC(=O)N(CC(=O)N2CCN(Cc3nc(-c4ccccc4C)no3)CC2)C1=O. The van der Waals surface area contributed by atoms with Gasteiger partial charge in [-0.1, -0.05) is 43.3 Å². The van der Waals surface area contributed by atoms with E-state index in [0.717, 1.165) is 16.0 Å². The summed E-state index contributed by atoms with van der Waals surface area (Å²) in [6.07, 6.45) is 0.997. The van der Waals surface area contributed by atoms with Gasteiger partial charge in [-0.2, -0.15) is 4.98 Å². The Bertz CT molecular complexity index is 1040. The van der Waals surface area contributed by atoms with E-state index in [1.165, 1.54) is 0 Å². The van der Waals surface area contributed by atoms with Crippen LogP contribution in [0.25, 0.3) is 11.4 Å². The summed E-state index contributed by atoms with van der Waals surface area (Å²) in [5, 5.41) is 6.86. The molecule has 2 aromatic rings. The second-order valence-corrected chi connectivity index (χ2v) is 8.59. The Morgan fingerprint density at radius 2 is 1.82 bits per heavy atom. The third kappa shape index (κ3) is 4.47. The Balaban J connectivity index is 1.30. The van der Waals surface area contributed by atoms with E-state index in [9.17, 15) is 14.4 Å². The lowest BCUT2D eigenvalue weighted by Crippen LogP contribution is -2.52. The number of carbonyl (C=O) groups is 3. The Labute approximate surface area is 192 Å². The highest BCUT2D eigenvalue weighted by Gasteiger charge is 2.49. The van der Waals surface area contributed by atoms with Crippen LogP contribution < -0.4 is 5.32 Å². The second kappa shape index (κ2) is 9.30. The zero-order valence-electron chi connectivity index (χ0n) is 19.3. The molecule has 2 fully saturated rings. The number of hydrogen-bond donors (Lipinski definition) is 1. The molecule has 0 spiro atoms. The number of carbonyl (C=O) groups excluding carboxylic acids is 3. The summed E-state index contributed by atoms with van der Waals surface area (Å²) in [5.41, 5.74) is 1.13. The molecule has 2 aliphatic rings. The summed E-state index contributed by atoms with van der Waals surface area (Å²) < 4.78 is 5.43. The van der Waals surface area contributed by atoms with Crippen LogP contribution in [0.5, 0.6) is 0 Å². The Morgan fingerprint density at radius 1 is 1.12 bits per heavy atom. The topological polar surface area (TPSA) is 112 Å². The molecule has 10 heteroatoms. The van der Waals surface area contributed by atoms with Crippen LogP contribution in [0.15, 0.2) is 28.8 Å². The summed E-state index contributed by atoms with van der Waals surface area (Å²) in [5.74, 6) is 0.565. The van der Waals surface area contributed by atoms with Crippen LogP contribution in [0.4, 0.5) is 4.79 Å². The summed E-state index contributed by atoms with van der Waals surface area (Å²) >= 11 is 0. The number of rotatable bonds is 7. The fraction of sp³-hybridized carbons (Fsp3) is 0.522. The average Bonchev–Trinajstić information content (AvgIpc) is 3.38. The van der Waals surface area contributed by atoms with Crippen molar-refractivity contribution >= 4 is 17.8 Å². The Hall–Kier alpha value is -3.27.